The van der Waals surface area contributed by atoms with E-state index < -0.39 is 23.8 Å². The first-order valence-corrected chi connectivity index (χ1v) is 14.3. The number of nitrogens with one attached hydrogen (secondary N) is 2. The molecule has 0 saturated carbocycles. The highest BCUT2D eigenvalue weighted by molar-refractivity contribution is 7.98. The van der Waals surface area contributed by atoms with Crippen molar-refractivity contribution < 1.29 is 24.2 Å². The molecule has 0 aliphatic carbocycles. The van der Waals surface area contributed by atoms with Gasteiger partial charge in [-0.3, -0.25) is 9.59 Å². The molecule has 2 atom stereocenters. The second-order valence-corrected chi connectivity index (χ2v) is 11.1. The van der Waals surface area contributed by atoms with Crippen LogP contribution in [0.3, 0.4) is 0 Å². The lowest BCUT2D eigenvalue weighted by molar-refractivity contribution is -0.142. The van der Waals surface area contributed by atoms with Gasteiger partial charge in [-0.2, -0.15) is 11.8 Å². The topological polar surface area (TPSA) is 108 Å². The van der Waals surface area contributed by atoms with E-state index >= 15 is 0 Å². The number of nitrogens with zero attached hydrogens (tertiary/aromatic N) is 1. The van der Waals surface area contributed by atoms with Crippen molar-refractivity contribution >= 4 is 29.7 Å². The molecule has 0 aromatic heterocycles. The van der Waals surface area contributed by atoms with Crippen molar-refractivity contribution in [1.29, 1.82) is 0 Å². The summed E-state index contributed by atoms with van der Waals surface area (Å²) in [6.45, 7) is 7.87. The van der Waals surface area contributed by atoms with Crippen molar-refractivity contribution in [2.75, 3.05) is 18.6 Å². The fourth-order valence-electron chi connectivity index (χ4n) is 3.89. The number of carbonyl (C=O) groups is 3. The van der Waals surface area contributed by atoms with Gasteiger partial charge in [-0.05, 0) is 68.9 Å². The van der Waals surface area contributed by atoms with Gasteiger partial charge in [-0.15, -0.1) is 0 Å². The molecule has 2 aromatic rings. The minimum Gasteiger partial charge on any atom is -0.508 e. The maximum Gasteiger partial charge on any atom is 0.408 e. The number of phenolic OH excluding ortho intramolecular Hbond substituents is 1. The van der Waals surface area contributed by atoms with Crippen LogP contribution in [0.1, 0.15) is 64.1 Å². The van der Waals surface area contributed by atoms with Gasteiger partial charge in [-0.25, -0.2) is 4.79 Å². The first-order chi connectivity index (χ1) is 18.1. The zero-order valence-electron chi connectivity index (χ0n) is 23.0. The number of amides is 3. The summed E-state index contributed by atoms with van der Waals surface area (Å²) < 4.78 is 5.42. The number of thioether (sulfide) groups is 1. The third-order valence-electron chi connectivity index (χ3n) is 5.69. The van der Waals surface area contributed by atoms with Crippen molar-refractivity contribution in [1.82, 2.24) is 15.5 Å². The molecule has 38 heavy (non-hydrogen) atoms. The molecule has 0 aliphatic heterocycles. The fourth-order valence-corrected chi connectivity index (χ4v) is 4.36. The van der Waals surface area contributed by atoms with E-state index in [1.165, 1.54) is 17.0 Å². The lowest BCUT2D eigenvalue weighted by Gasteiger charge is -2.34. The van der Waals surface area contributed by atoms with Gasteiger partial charge in [0, 0.05) is 13.1 Å². The molecule has 208 valence electrons. The van der Waals surface area contributed by atoms with E-state index in [-0.39, 0.29) is 24.1 Å². The Morgan fingerprint density at radius 2 is 1.79 bits per heavy atom. The van der Waals surface area contributed by atoms with Crippen molar-refractivity contribution in [3.8, 4) is 5.75 Å². The number of hydrogen-bond donors (Lipinski definition) is 3. The van der Waals surface area contributed by atoms with Crippen molar-refractivity contribution in [3.63, 3.8) is 0 Å². The second-order valence-electron chi connectivity index (χ2n) is 10.1. The van der Waals surface area contributed by atoms with E-state index in [0.717, 1.165) is 12.0 Å². The summed E-state index contributed by atoms with van der Waals surface area (Å²) in [4.78, 5) is 41.9. The fraction of sp³-hybridized carbons (Fsp3) is 0.483. The van der Waals surface area contributed by atoms with Crippen LogP contribution in [0.15, 0.2) is 54.6 Å². The van der Waals surface area contributed by atoms with Gasteiger partial charge < -0.3 is 25.4 Å². The average Bonchev–Trinajstić information content (AvgIpc) is 2.86. The quantitative estimate of drug-likeness (QED) is 0.327. The van der Waals surface area contributed by atoms with E-state index in [9.17, 15) is 19.5 Å². The Hall–Kier alpha value is -3.20. The normalized spacial score (nSPS) is 12.8. The predicted octanol–water partition coefficient (Wildman–Crippen LogP) is 5.02. The molecule has 3 N–H and O–H groups in total. The van der Waals surface area contributed by atoms with E-state index in [1.54, 1.807) is 44.7 Å². The van der Waals surface area contributed by atoms with Crippen LogP contribution in [0.25, 0.3) is 0 Å². The highest BCUT2D eigenvalue weighted by Crippen LogP contribution is 2.27. The van der Waals surface area contributed by atoms with Gasteiger partial charge in [0.1, 0.15) is 23.4 Å². The Kier molecular flexibility index (Phi) is 12.5. The molecule has 0 spiro atoms. The van der Waals surface area contributed by atoms with Gasteiger partial charge in [0.15, 0.2) is 0 Å². The smallest absolute Gasteiger partial charge is 0.408 e. The molecule has 0 aliphatic rings. The van der Waals surface area contributed by atoms with Crippen LogP contribution >= 0.6 is 11.8 Å². The Bertz CT molecular complexity index is 1040. The number of phenols is 1. The summed E-state index contributed by atoms with van der Waals surface area (Å²) >= 11 is 1.56. The molecule has 0 radical (unpaired) electrons. The number of unbranched alkanes of at least 4 members (excludes halogenated alkanes) is 1. The summed E-state index contributed by atoms with van der Waals surface area (Å²) in [6.07, 6.45) is 3.08. The van der Waals surface area contributed by atoms with Crippen LogP contribution in [-0.4, -0.2) is 58.1 Å². The third-order valence-corrected chi connectivity index (χ3v) is 6.33. The molecule has 3 amide bonds. The molecule has 2 rings (SSSR count). The van der Waals surface area contributed by atoms with Crippen LogP contribution in [0, 0.1) is 0 Å². The van der Waals surface area contributed by atoms with Crippen LogP contribution in [0.4, 0.5) is 4.79 Å². The SMILES string of the molecule is CCCCN(C(=O)C(CCSC)NC(=O)OC(C)(C)C)C(C(=O)NCc1ccccc1)c1cccc(O)c1. The molecule has 9 heteroatoms. The second kappa shape index (κ2) is 15.3. The molecular weight excluding hydrogens is 502 g/mol. The number of ether oxygens (including phenoxy) is 1. The minimum absolute atomic E-state index is 0.00272. The standard InChI is InChI=1S/C29H41N3O5S/c1-6-7-17-32(27(35)24(16-18-38-5)31-28(36)37-29(2,3)4)25(22-14-11-15-23(33)19-22)26(34)30-20-21-12-9-8-10-13-21/h8-15,19,24-25,33H,6-7,16-18,20H2,1-5H3,(H,30,34)(H,31,36). The summed E-state index contributed by atoms with van der Waals surface area (Å²) in [5.74, 6) is -0.117. The maximum atomic E-state index is 14.0. The van der Waals surface area contributed by atoms with E-state index in [2.05, 4.69) is 10.6 Å². The first kappa shape index (κ1) is 31.0. The van der Waals surface area contributed by atoms with E-state index in [1.807, 2.05) is 43.5 Å². The van der Waals surface area contributed by atoms with Gasteiger partial charge in [-0.1, -0.05) is 55.8 Å². The maximum absolute atomic E-state index is 14.0. The number of aromatic hydroxyl groups is 1. The number of hydrogen-bond acceptors (Lipinski definition) is 6. The Morgan fingerprint density at radius 3 is 2.39 bits per heavy atom. The van der Waals surface area contributed by atoms with Gasteiger partial charge >= 0.3 is 6.09 Å². The Balaban J connectivity index is 2.43. The van der Waals surface area contributed by atoms with E-state index in [4.69, 9.17) is 4.74 Å². The van der Waals surface area contributed by atoms with Crippen molar-refractivity contribution in [3.05, 3.63) is 65.7 Å². The summed E-state index contributed by atoms with van der Waals surface area (Å²) in [6, 6.07) is 14.0. The third kappa shape index (κ3) is 10.3. The molecular formula is C29H41N3O5S. The van der Waals surface area contributed by atoms with Crippen LogP contribution in [0.2, 0.25) is 0 Å². The Morgan fingerprint density at radius 1 is 1.08 bits per heavy atom. The largest absolute Gasteiger partial charge is 0.508 e. The minimum atomic E-state index is -0.998. The van der Waals surface area contributed by atoms with Crippen LogP contribution in [0.5, 0.6) is 5.75 Å². The molecule has 0 bridgehead atoms. The average molecular weight is 544 g/mol. The number of carbonyl (C=O) groups excluding carboxylic acids is 3. The first-order valence-electron chi connectivity index (χ1n) is 12.9. The molecule has 2 aromatic carbocycles. The van der Waals surface area contributed by atoms with Gasteiger partial charge in [0.05, 0.1) is 0 Å². The predicted molar refractivity (Wildman–Crippen MR) is 152 cm³/mol. The zero-order valence-corrected chi connectivity index (χ0v) is 23.8. The number of alkyl carbamates (subject to hydrolysis) is 1. The summed E-state index contributed by atoms with van der Waals surface area (Å²) in [7, 11) is 0. The highest BCUT2D eigenvalue weighted by atomic mass is 32.2. The zero-order chi connectivity index (χ0) is 28.1. The van der Waals surface area contributed by atoms with Crippen molar-refractivity contribution in [2.45, 2.75) is 71.2 Å². The summed E-state index contributed by atoms with van der Waals surface area (Å²) in [5.41, 5.74) is 0.688. The lowest BCUT2D eigenvalue weighted by Crippen LogP contribution is -2.53. The molecule has 0 saturated heterocycles. The molecule has 0 fully saturated rings. The number of rotatable bonds is 13. The number of benzene rings is 2. The summed E-state index contributed by atoms with van der Waals surface area (Å²) in [5, 5.41) is 15.9. The molecule has 2 unspecified atom stereocenters. The monoisotopic (exact) mass is 543 g/mol. The Labute approximate surface area is 230 Å². The van der Waals surface area contributed by atoms with Gasteiger partial charge in [0.2, 0.25) is 11.8 Å². The molecule has 8 nitrogen and oxygen atoms in total. The van der Waals surface area contributed by atoms with Crippen molar-refractivity contribution in [2.24, 2.45) is 0 Å². The highest BCUT2D eigenvalue weighted by Gasteiger charge is 2.36. The molecule has 0 heterocycles. The lowest BCUT2D eigenvalue weighted by atomic mass is 10.0. The van der Waals surface area contributed by atoms with Gasteiger partial charge in [0.25, 0.3) is 0 Å². The van der Waals surface area contributed by atoms with Crippen LogP contribution < -0.4 is 10.6 Å². The van der Waals surface area contributed by atoms with E-state index in [0.29, 0.717) is 30.7 Å². The van der Waals surface area contributed by atoms with Crippen LogP contribution in [-0.2, 0) is 20.9 Å².